The van der Waals surface area contributed by atoms with Gasteiger partial charge in [0, 0.05) is 11.0 Å². The van der Waals surface area contributed by atoms with Gasteiger partial charge in [-0.25, -0.2) is 0 Å². The molecule has 0 bridgehead atoms. The van der Waals surface area contributed by atoms with Crippen molar-refractivity contribution in [3.05, 3.63) is 22.3 Å². The van der Waals surface area contributed by atoms with E-state index in [9.17, 15) is 4.79 Å². The second-order valence-electron chi connectivity index (χ2n) is 10.1. The molecule has 0 amide bonds. The molecule has 0 saturated heterocycles. The highest BCUT2D eigenvalue weighted by Crippen LogP contribution is 2.67. The van der Waals surface area contributed by atoms with E-state index in [0.29, 0.717) is 17.6 Å². The van der Waals surface area contributed by atoms with Gasteiger partial charge in [0.2, 0.25) is 0 Å². The van der Waals surface area contributed by atoms with Gasteiger partial charge in [-0.05, 0) is 61.0 Å². The van der Waals surface area contributed by atoms with Gasteiger partial charge in [0.1, 0.15) is 0 Å². The Morgan fingerprint density at radius 3 is 2.46 bits per heavy atom. The predicted molar refractivity (Wildman–Crippen MR) is 120 cm³/mol. The van der Waals surface area contributed by atoms with Gasteiger partial charge in [-0.2, -0.15) is 0 Å². The van der Waals surface area contributed by atoms with Crippen LogP contribution in [-0.2, 0) is 4.79 Å². The van der Waals surface area contributed by atoms with E-state index < -0.39 is 8.07 Å². The van der Waals surface area contributed by atoms with Crippen molar-refractivity contribution in [3.8, 4) is 0 Å². The van der Waals surface area contributed by atoms with E-state index in [2.05, 4.69) is 65.7 Å². The monoisotopic (exact) mass is 392 g/mol. The van der Waals surface area contributed by atoms with Crippen molar-refractivity contribution < 1.29 is 4.79 Å². The molecular formula is C23H40OSSi. The number of carbonyl (C=O) groups excluding carboxylic acids is 1. The Bertz CT molecular complexity index is 596. The zero-order chi connectivity index (χ0) is 19.8. The van der Waals surface area contributed by atoms with Crippen LogP contribution < -0.4 is 0 Å². The average molecular weight is 393 g/mol. The van der Waals surface area contributed by atoms with Crippen molar-refractivity contribution >= 4 is 25.6 Å². The minimum absolute atomic E-state index is 0.0132. The third-order valence-electron chi connectivity index (χ3n) is 7.23. The van der Waals surface area contributed by atoms with Gasteiger partial charge in [-0.1, -0.05) is 65.0 Å². The summed E-state index contributed by atoms with van der Waals surface area (Å²) >= 11 is 1.86. The van der Waals surface area contributed by atoms with Crippen LogP contribution in [0.2, 0.25) is 19.6 Å². The number of rotatable bonds is 7. The smallest absolute Gasteiger partial charge is 0.166 e. The summed E-state index contributed by atoms with van der Waals surface area (Å²) in [6.07, 6.45) is 8.20. The molecule has 0 heterocycles. The third-order valence-corrected chi connectivity index (χ3v) is 10.6. The SMILES string of the molecule is C/C=C(\C[C@]12C(=O)/C(=C/SCCCC)C(C)(C)[C@H]1CC[C@H]2C)[Si](C)(C)C. The zero-order valence-corrected chi connectivity index (χ0v) is 20.2. The zero-order valence-electron chi connectivity index (χ0n) is 18.4. The summed E-state index contributed by atoms with van der Waals surface area (Å²) in [4.78, 5) is 13.9. The maximum absolute atomic E-state index is 13.9. The van der Waals surface area contributed by atoms with Gasteiger partial charge in [-0.15, -0.1) is 11.8 Å². The van der Waals surface area contributed by atoms with Crippen LogP contribution in [0.25, 0.3) is 0 Å². The summed E-state index contributed by atoms with van der Waals surface area (Å²) in [7, 11) is -1.40. The van der Waals surface area contributed by atoms with E-state index in [1.165, 1.54) is 25.7 Å². The maximum atomic E-state index is 13.9. The Morgan fingerprint density at radius 2 is 1.92 bits per heavy atom. The van der Waals surface area contributed by atoms with Crippen LogP contribution in [0.4, 0.5) is 0 Å². The van der Waals surface area contributed by atoms with Gasteiger partial charge in [0.25, 0.3) is 0 Å². The molecular weight excluding hydrogens is 352 g/mol. The Kier molecular flexibility index (Phi) is 6.76. The number of carbonyl (C=O) groups is 1. The summed E-state index contributed by atoms with van der Waals surface area (Å²) in [6.45, 7) is 18.7. The molecule has 3 heteroatoms. The van der Waals surface area contributed by atoms with Crippen LogP contribution in [-0.4, -0.2) is 19.6 Å². The molecule has 148 valence electrons. The Balaban J connectivity index is 2.43. The summed E-state index contributed by atoms with van der Waals surface area (Å²) in [5, 5.41) is 3.83. The lowest BCUT2D eigenvalue weighted by atomic mass is 9.67. The highest BCUT2D eigenvalue weighted by atomic mass is 32.2. The molecule has 1 nitrogen and oxygen atoms in total. The van der Waals surface area contributed by atoms with Crippen LogP contribution in [0.3, 0.4) is 0 Å². The molecule has 0 aliphatic heterocycles. The minimum atomic E-state index is -1.40. The molecule has 3 atom stereocenters. The van der Waals surface area contributed by atoms with Crippen molar-refractivity contribution in [3.63, 3.8) is 0 Å². The lowest BCUT2D eigenvalue weighted by molar-refractivity contribution is -0.125. The fraction of sp³-hybridized carbons (Fsp3) is 0.783. The van der Waals surface area contributed by atoms with Crippen LogP contribution in [0, 0.1) is 22.7 Å². The van der Waals surface area contributed by atoms with Crippen molar-refractivity contribution in [1.29, 1.82) is 0 Å². The normalized spacial score (nSPS) is 33.2. The molecule has 2 rings (SSSR count). The highest BCUT2D eigenvalue weighted by Gasteiger charge is 2.65. The number of Topliss-reactive ketones (excluding diaryl/α,β-unsaturated/α-hetero) is 1. The van der Waals surface area contributed by atoms with Gasteiger partial charge in [0.15, 0.2) is 5.78 Å². The number of allylic oxidation sites excluding steroid dienone is 3. The quantitative estimate of drug-likeness (QED) is 0.257. The van der Waals surface area contributed by atoms with Crippen LogP contribution in [0.15, 0.2) is 22.3 Å². The number of thioether (sulfide) groups is 1. The van der Waals surface area contributed by atoms with Crippen molar-refractivity contribution in [2.75, 3.05) is 5.75 Å². The number of ketones is 1. The van der Waals surface area contributed by atoms with Crippen molar-refractivity contribution in [2.45, 2.75) is 86.4 Å². The van der Waals surface area contributed by atoms with E-state index in [0.717, 1.165) is 17.7 Å². The molecule has 0 radical (unpaired) electrons. The number of hydrogen-bond donors (Lipinski definition) is 0. The lowest BCUT2D eigenvalue weighted by Gasteiger charge is -2.38. The molecule has 2 aliphatic rings. The van der Waals surface area contributed by atoms with Gasteiger partial charge >= 0.3 is 0 Å². The van der Waals surface area contributed by atoms with Crippen LogP contribution in [0.1, 0.15) is 66.7 Å². The molecule has 0 aromatic heterocycles. The summed E-state index contributed by atoms with van der Waals surface area (Å²) < 4.78 is 0. The molecule has 2 aliphatic carbocycles. The Hall–Kier alpha value is -0.283. The molecule has 2 saturated carbocycles. The second-order valence-corrected chi connectivity index (χ2v) is 16.2. The topological polar surface area (TPSA) is 17.1 Å². The first-order valence-electron chi connectivity index (χ1n) is 10.6. The molecule has 0 spiro atoms. The van der Waals surface area contributed by atoms with Gasteiger partial charge in [0.05, 0.1) is 8.07 Å². The summed E-state index contributed by atoms with van der Waals surface area (Å²) in [5.74, 6) is 2.61. The third kappa shape index (κ3) is 3.67. The van der Waals surface area contributed by atoms with E-state index >= 15 is 0 Å². The van der Waals surface area contributed by atoms with Crippen LogP contribution in [0.5, 0.6) is 0 Å². The largest absolute Gasteiger partial charge is 0.294 e. The second kappa shape index (κ2) is 7.99. The van der Waals surface area contributed by atoms with Crippen molar-refractivity contribution in [2.24, 2.45) is 22.7 Å². The van der Waals surface area contributed by atoms with Gasteiger partial charge < -0.3 is 0 Å². The predicted octanol–water partition coefficient (Wildman–Crippen LogP) is 7.26. The van der Waals surface area contributed by atoms with E-state index in [1.54, 1.807) is 5.20 Å². The molecule has 0 unspecified atom stereocenters. The van der Waals surface area contributed by atoms with Crippen molar-refractivity contribution in [1.82, 2.24) is 0 Å². The number of hydrogen-bond acceptors (Lipinski definition) is 2. The minimum Gasteiger partial charge on any atom is -0.294 e. The first-order chi connectivity index (χ1) is 12.0. The standard InChI is InChI=1S/C23H40OSSi/c1-9-11-14-25-16-19-21(24)23(15-18(10-2)26(6,7)8)17(3)12-13-20(23)22(19,4)5/h10,16-17,20H,9,11-15H2,1-8H3/b18-10+,19-16-/t17-,20-,23-/m1/s1. The Labute approximate surface area is 167 Å². The molecule has 0 N–H and O–H groups in total. The summed E-state index contributed by atoms with van der Waals surface area (Å²) in [5.41, 5.74) is 0.989. The molecule has 26 heavy (non-hydrogen) atoms. The van der Waals surface area contributed by atoms with Gasteiger partial charge in [-0.3, -0.25) is 4.79 Å². The first kappa shape index (κ1) is 22.0. The van der Waals surface area contributed by atoms with Crippen LogP contribution >= 0.6 is 11.8 Å². The van der Waals surface area contributed by atoms with E-state index in [-0.39, 0.29) is 10.8 Å². The maximum Gasteiger partial charge on any atom is 0.166 e. The molecule has 0 aromatic carbocycles. The number of fused-ring (bicyclic) bond motifs is 1. The highest BCUT2D eigenvalue weighted by molar-refractivity contribution is 8.02. The molecule has 2 fully saturated rings. The Morgan fingerprint density at radius 1 is 1.27 bits per heavy atom. The number of unbranched alkanes of at least 4 members (excludes halogenated alkanes) is 1. The van der Waals surface area contributed by atoms with E-state index in [1.807, 2.05) is 11.8 Å². The summed E-state index contributed by atoms with van der Waals surface area (Å²) in [6, 6.07) is 0. The fourth-order valence-corrected chi connectivity index (χ4v) is 8.30. The average Bonchev–Trinajstić information content (AvgIpc) is 2.95. The fourth-order valence-electron chi connectivity index (χ4n) is 5.46. The van der Waals surface area contributed by atoms with E-state index in [4.69, 9.17) is 0 Å². The lowest BCUT2D eigenvalue weighted by Crippen LogP contribution is -2.39. The molecule has 0 aromatic rings. The first-order valence-corrected chi connectivity index (χ1v) is 15.1.